The predicted molar refractivity (Wildman–Crippen MR) is 83.0 cm³/mol. The van der Waals surface area contributed by atoms with E-state index in [9.17, 15) is 28.9 Å². The van der Waals surface area contributed by atoms with Crippen LogP contribution in [0.25, 0.3) is 10.9 Å². The van der Waals surface area contributed by atoms with E-state index in [1.165, 1.54) is 10.8 Å². The second kappa shape index (κ2) is 6.24. The molecule has 11 heteroatoms. The zero-order valence-corrected chi connectivity index (χ0v) is 14.4. The Morgan fingerprint density at radius 1 is 1.26 bits per heavy atom. The molecule has 2 aromatic rings. The molecule has 0 amide bonds. The summed E-state index contributed by atoms with van der Waals surface area (Å²) in [5.41, 5.74) is 0.458. The molecule has 0 spiro atoms. The van der Waals surface area contributed by atoms with Gasteiger partial charge in [-0.15, -0.1) is 0 Å². The number of fused-ring (bicyclic) bond motifs is 1. The second-order valence-corrected chi connectivity index (χ2v) is 9.62. The minimum absolute atomic E-state index is 0.449. The van der Waals surface area contributed by atoms with Gasteiger partial charge in [0.15, 0.2) is 6.20 Å². The lowest BCUT2D eigenvalue weighted by Gasteiger charge is -2.28. The monoisotopic (exact) mass is 382 g/mol. The van der Waals surface area contributed by atoms with E-state index < -0.39 is 26.8 Å². The van der Waals surface area contributed by atoms with Gasteiger partial charge in [-0.1, -0.05) is 11.6 Å². The number of rotatable bonds is 5. The third-order valence-electron chi connectivity index (χ3n) is 3.39. The van der Waals surface area contributed by atoms with Crippen LogP contribution in [0.4, 0.5) is 0 Å². The summed E-state index contributed by atoms with van der Waals surface area (Å²) in [5, 5.41) is 8.08. The van der Waals surface area contributed by atoms with E-state index in [0.717, 1.165) is 7.11 Å². The highest BCUT2D eigenvalue weighted by molar-refractivity contribution is 7.72. The first-order valence-corrected chi connectivity index (χ1v) is 9.83. The molecule has 1 aromatic heterocycles. The van der Waals surface area contributed by atoms with Gasteiger partial charge in [-0.3, -0.25) is 9.13 Å². The Balaban J connectivity index is 2.63. The Hall–Kier alpha value is -0.820. The van der Waals surface area contributed by atoms with Crippen LogP contribution in [-0.4, -0.2) is 32.0 Å². The van der Waals surface area contributed by atoms with Crippen molar-refractivity contribution in [2.75, 3.05) is 7.11 Å². The minimum Gasteiger partial charge on any atom is -0.363 e. The number of aliphatic hydroxyl groups is 1. The molecule has 2 rings (SSSR count). The van der Waals surface area contributed by atoms with Crippen LogP contribution in [0.2, 0.25) is 5.02 Å². The van der Waals surface area contributed by atoms with Gasteiger partial charge in [-0.2, -0.15) is 4.57 Å². The summed E-state index contributed by atoms with van der Waals surface area (Å²) in [7, 11) is -9.65. The average molecular weight is 383 g/mol. The van der Waals surface area contributed by atoms with Gasteiger partial charge in [0.1, 0.15) is 0 Å². The second-order valence-electron chi connectivity index (χ2n) is 4.86. The SMILES string of the molecule is COP(=O)(O)C(O)(C[n+]1cccc2cc(Cl)ccc21)P(=O)(O)O. The van der Waals surface area contributed by atoms with Crippen LogP contribution in [0, 0.1) is 0 Å². The zero-order chi connectivity index (χ0) is 17.5. The predicted octanol–water partition coefficient (Wildman–Crippen LogP) is 1.44. The zero-order valence-electron chi connectivity index (χ0n) is 11.9. The van der Waals surface area contributed by atoms with Crippen LogP contribution in [0.5, 0.6) is 0 Å². The third-order valence-corrected chi connectivity index (χ3v) is 7.78. The number of nitrogens with zero attached hydrogens (tertiary/aromatic N) is 1. The third kappa shape index (κ3) is 3.36. The largest absolute Gasteiger partial charge is 0.378 e. The van der Waals surface area contributed by atoms with E-state index in [4.69, 9.17) is 11.6 Å². The Morgan fingerprint density at radius 2 is 1.91 bits per heavy atom. The normalized spacial score (nSPS) is 17.7. The molecule has 23 heavy (non-hydrogen) atoms. The molecule has 1 aromatic carbocycles. The molecule has 8 nitrogen and oxygen atoms in total. The van der Waals surface area contributed by atoms with Crippen molar-refractivity contribution in [2.45, 2.75) is 11.6 Å². The van der Waals surface area contributed by atoms with Crippen LogP contribution in [0.1, 0.15) is 0 Å². The van der Waals surface area contributed by atoms with Crippen LogP contribution in [0.15, 0.2) is 36.5 Å². The summed E-state index contributed by atoms with van der Waals surface area (Å²) >= 11 is 5.88. The highest BCUT2D eigenvalue weighted by atomic mass is 35.5. The van der Waals surface area contributed by atoms with Crippen molar-refractivity contribution in [1.82, 2.24) is 0 Å². The van der Waals surface area contributed by atoms with Crippen molar-refractivity contribution in [3.8, 4) is 0 Å². The summed E-state index contributed by atoms with van der Waals surface area (Å²) in [6.45, 7) is -0.849. The van der Waals surface area contributed by atoms with Crippen molar-refractivity contribution >= 4 is 37.7 Å². The van der Waals surface area contributed by atoms with Crippen molar-refractivity contribution in [3.05, 3.63) is 41.6 Å². The smallest absolute Gasteiger partial charge is 0.363 e. The molecule has 2 unspecified atom stereocenters. The Morgan fingerprint density at radius 3 is 2.48 bits per heavy atom. The van der Waals surface area contributed by atoms with Crippen LogP contribution in [-0.2, 0) is 20.2 Å². The van der Waals surface area contributed by atoms with Gasteiger partial charge in [0.2, 0.25) is 12.1 Å². The number of aromatic nitrogens is 1. The Bertz CT molecular complexity index is 839. The quantitative estimate of drug-likeness (QED) is 0.455. The summed E-state index contributed by atoms with van der Waals surface area (Å²) in [6, 6.07) is 7.97. The fraction of sp³-hybridized carbons (Fsp3) is 0.250. The number of hydrogen-bond acceptors (Lipinski definition) is 4. The van der Waals surface area contributed by atoms with Gasteiger partial charge in [0.05, 0.1) is 0 Å². The highest BCUT2D eigenvalue weighted by Crippen LogP contribution is 2.69. The maximum atomic E-state index is 12.0. The molecule has 0 bridgehead atoms. The van der Waals surface area contributed by atoms with Crippen molar-refractivity contribution in [3.63, 3.8) is 0 Å². The van der Waals surface area contributed by atoms with Crippen LogP contribution >= 0.6 is 26.8 Å². The molecular weight excluding hydrogens is 368 g/mol. The lowest BCUT2D eigenvalue weighted by Crippen LogP contribution is -2.48. The van der Waals surface area contributed by atoms with Crippen molar-refractivity contribution < 1.29 is 38.0 Å². The maximum absolute atomic E-state index is 12.0. The summed E-state index contributed by atoms with van der Waals surface area (Å²) in [6.07, 6.45) is 1.41. The molecule has 0 aliphatic carbocycles. The summed E-state index contributed by atoms with van der Waals surface area (Å²) in [5.74, 6) is 0. The minimum atomic E-state index is -5.41. The molecule has 0 aliphatic rings. The van der Waals surface area contributed by atoms with E-state index >= 15 is 0 Å². The van der Waals surface area contributed by atoms with Gasteiger partial charge >= 0.3 is 20.3 Å². The van der Waals surface area contributed by atoms with E-state index in [1.54, 1.807) is 30.3 Å². The molecule has 1 heterocycles. The highest BCUT2D eigenvalue weighted by Gasteiger charge is 2.64. The first-order chi connectivity index (χ1) is 10.5. The molecule has 0 aliphatic heterocycles. The number of benzene rings is 1. The maximum Gasteiger partial charge on any atom is 0.378 e. The van der Waals surface area contributed by atoms with Gasteiger partial charge in [-0.05, 0) is 18.2 Å². The average Bonchev–Trinajstić information content (AvgIpc) is 2.45. The molecule has 4 N–H and O–H groups in total. The van der Waals surface area contributed by atoms with Crippen molar-refractivity contribution in [2.24, 2.45) is 0 Å². The van der Waals surface area contributed by atoms with Gasteiger partial charge in [0.25, 0.3) is 0 Å². The summed E-state index contributed by atoms with van der Waals surface area (Å²) in [4.78, 5) is 28.5. The van der Waals surface area contributed by atoms with E-state index in [1.807, 2.05) is 0 Å². The van der Waals surface area contributed by atoms with E-state index in [2.05, 4.69) is 4.52 Å². The number of pyridine rings is 1. The molecule has 0 saturated carbocycles. The molecule has 2 atom stereocenters. The standard InChI is InChI=1S/C12H14ClNO7P2/c1-21-23(19,20)12(15,22(16,17)18)8-14-6-2-3-9-7-10(13)4-5-11(9)14/h2-7,15H,8H2,1H3,(H2-,16,17,18,19,20)/p+1. The van der Waals surface area contributed by atoms with Gasteiger partial charge in [-0.25, -0.2) is 0 Å². The Kier molecular flexibility index (Phi) is 5.02. The molecule has 0 radical (unpaired) electrons. The topological polar surface area (TPSA) is 128 Å². The lowest BCUT2D eigenvalue weighted by atomic mass is 10.2. The van der Waals surface area contributed by atoms with Gasteiger partial charge < -0.3 is 24.3 Å². The first-order valence-electron chi connectivity index (χ1n) is 6.26. The number of halogens is 1. The lowest BCUT2D eigenvalue weighted by molar-refractivity contribution is -0.678. The molecule has 0 saturated heterocycles. The molecular formula is C12H15ClNO7P2+. The fourth-order valence-corrected chi connectivity index (χ4v) is 4.81. The van der Waals surface area contributed by atoms with Gasteiger partial charge in [0, 0.05) is 29.7 Å². The van der Waals surface area contributed by atoms with E-state index in [0.29, 0.717) is 15.9 Å². The van der Waals surface area contributed by atoms with Crippen molar-refractivity contribution in [1.29, 1.82) is 0 Å². The van der Waals surface area contributed by atoms with Crippen LogP contribution < -0.4 is 4.57 Å². The van der Waals surface area contributed by atoms with E-state index in [-0.39, 0.29) is 0 Å². The first kappa shape index (κ1) is 18.5. The molecule has 126 valence electrons. The summed E-state index contributed by atoms with van der Waals surface area (Å²) < 4.78 is 29.2. The number of hydrogen-bond donors (Lipinski definition) is 4. The van der Waals surface area contributed by atoms with Crippen LogP contribution in [0.3, 0.4) is 0 Å². The Labute approximate surface area is 136 Å². The molecule has 0 fully saturated rings. The fourth-order valence-electron chi connectivity index (χ4n) is 2.11.